The molecule has 0 spiro atoms. The number of carbonyl (C=O) groups excluding carboxylic acids is 4. The largest absolute Gasteiger partial charge is 0.573 e. The molecule has 4 aliphatic rings. The first kappa shape index (κ1) is 33.7. The molecule has 250 valence electrons. The molecule has 46 heavy (non-hydrogen) atoms. The van der Waals surface area contributed by atoms with Gasteiger partial charge >= 0.3 is 18.3 Å². The zero-order valence-electron chi connectivity index (χ0n) is 25.7. The Morgan fingerprint density at radius 1 is 1.07 bits per heavy atom. The molecular formula is C33H35F5O8. The molecule has 0 aliphatic heterocycles. The number of carbonyl (C=O) groups is 4. The van der Waals surface area contributed by atoms with Crippen molar-refractivity contribution in [3.05, 3.63) is 53.6 Å². The quantitative estimate of drug-likeness (QED) is 0.231. The van der Waals surface area contributed by atoms with E-state index >= 15 is 8.78 Å². The lowest BCUT2D eigenvalue weighted by Gasteiger charge is -2.63. The van der Waals surface area contributed by atoms with Gasteiger partial charge in [0.05, 0.1) is 6.10 Å². The van der Waals surface area contributed by atoms with Gasteiger partial charge in [-0.05, 0) is 74.1 Å². The van der Waals surface area contributed by atoms with Crippen molar-refractivity contribution >= 4 is 23.5 Å². The number of aliphatic hydroxyl groups is 1. The van der Waals surface area contributed by atoms with Crippen molar-refractivity contribution in [1.82, 2.24) is 0 Å². The number of esters is 2. The summed E-state index contributed by atoms with van der Waals surface area (Å²) in [5, 5.41) is 11.6. The Bertz CT molecular complexity index is 1500. The smallest absolute Gasteiger partial charge is 0.454 e. The second kappa shape index (κ2) is 11.3. The first-order valence-electron chi connectivity index (χ1n) is 15.1. The van der Waals surface area contributed by atoms with Gasteiger partial charge in [0.15, 0.2) is 23.8 Å². The number of allylic oxidation sites excluding steroid dienone is 4. The van der Waals surface area contributed by atoms with E-state index in [9.17, 15) is 37.5 Å². The van der Waals surface area contributed by atoms with Crippen molar-refractivity contribution in [2.24, 2.45) is 28.6 Å². The monoisotopic (exact) mass is 654 g/mol. The number of benzene rings is 1. The van der Waals surface area contributed by atoms with Gasteiger partial charge in [0.2, 0.25) is 5.60 Å². The maximum Gasteiger partial charge on any atom is 0.573 e. The Morgan fingerprint density at radius 3 is 2.33 bits per heavy atom. The van der Waals surface area contributed by atoms with Crippen LogP contribution in [0.1, 0.15) is 63.7 Å². The maximum atomic E-state index is 17.5. The summed E-state index contributed by atoms with van der Waals surface area (Å²) in [6, 6.07) is 3.96. The van der Waals surface area contributed by atoms with Gasteiger partial charge in [0.25, 0.3) is 0 Å². The summed E-state index contributed by atoms with van der Waals surface area (Å²) < 4.78 is 86.0. The number of ketones is 2. The second-order valence-corrected chi connectivity index (χ2v) is 13.1. The summed E-state index contributed by atoms with van der Waals surface area (Å²) in [7, 11) is 0. The van der Waals surface area contributed by atoms with Crippen molar-refractivity contribution in [2.45, 2.75) is 83.3 Å². The van der Waals surface area contributed by atoms with Gasteiger partial charge in [-0.25, -0.2) is 13.6 Å². The maximum absolute atomic E-state index is 17.5. The minimum atomic E-state index is -4.93. The van der Waals surface area contributed by atoms with Gasteiger partial charge in [0.1, 0.15) is 11.9 Å². The van der Waals surface area contributed by atoms with Crippen LogP contribution >= 0.6 is 0 Å². The van der Waals surface area contributed by atoms with Crippen LogP contribution in [0, 0.1) is 28.6 Å². The Kier molecular flexibility index (Phi) is 8.27. The normalized spacial score (nSPS) is 38.2. The van der Waals surface area contributed by atoms with E-state index in [0.717, 1.165) is 36.4 Å². The minimum Gasteiger partial charge on any atom is -0.454 e. The molecule has 0 saturated heterocycles. The highest BCUT2D eigenvalue weighted by molar-refractivity contribution is 6.01. The second-order valence-electron chi connectivity index (χ2n) is 13.1. The Morgan fingerprint density at radius 2 is 1.72 bits per heavy atom. The lowest BCUT2D eigenvalue weighted by molar-refractivity contribution is -0.274. The highest BCUT2D eigenvalue weighted by atomic mass is 19.4. The number of alkyl halides is 5. The van der Waals surface area contributed by atoms with Crippen molar-refractivity contribution in [1.29, 1.82) is 0 Å². The van der Waals surface area contributed by atoms with Crippen LogP contribution in [0.3, 0.4) is 0 Å². The van der Waals surface area contributed by atoms with Crippen molar-refractivity contribution in [2.75, 3.05) is 6.61 Å². The molecule has 3 saturated carbocycles. The molecule has 0 heterocycles. The van der Waals surface area contributed by atoms with Crippen LogP contribution in [0.25, 0.3) is 0 Å². The number of Topliss-reactive ketones (excluding diaryl/α,β-unsaturated/α-hetero) is 1. The fourth-order valence-corrected chi connectivity index (χ4v) is 8.63. The van der Waals surface area contributed by atoms with E-state index in [4.69, 9.17) is 9.47 Å². The molecule has 9 atom stereocenters. The molecule has 0 radical (unpaired) electrons. The predicted octanol–water partition coefficient (Wildman–Crippen LogP) is 5.57. The fraction of sp³-hybridized carbons (Fsp3) is 0.576. The van der Waals surface area contributed by atoms with Crippen LogP contribution in [0.4, 0.5) is 22.0 Å². The van der Waals surface area contributed by atoms with Crippen LogP contribution in [0.5, 0.6) is 5.75 Å². The molecule has 8 nitrogen and oxygen atoms in total. The van der Waals surface area contributed by atoms with Crippen molar-refractivity contribution in [3.63, 3.8) is 0 Å². The summed E-state index contributed by atoms with van der Waals surface area (Å²) in [5.41, 5.74) is -7.82. The van der Waals surface area contributed by atoms with Gasteiger partial charge < -0.3 is 19.3 Å². The third-order valence-electron chi connectivity index (χ3n) is 10.8. The van der Waals surface area contributed by atoms with Gasteiger partial charge in [-0.3, -0.25) is 14.4 Å². The van der Waals surface area contributed by atoms with Crippen molar-refractivity contribution < 1.29 is 60.4 Å². The molecule has 0 unspecified atom stereocenters. The van der Waals surface area contributed by atoms with Gasteiger partial charge in [-0.2, -0.15) is 0 Å². The minimum absolute atomic E-state index is 0.0629. The standard InChI is InChI=1S/C33H35F5O8/c1-5-27(42)46-32(28(43)44-16-25(40)18-6-8-20(9-7-18)45-33(36,37)38)17(2)12-21-22-14-24(34)23-13-19(39)10-11-29(23,3)31(22,35)26(41)15-30(21,32)4/h6-11,13,17,21-22,24,26,41H,5,12,14-16H2,1-4H3/t17-,21+,22+,24+,26+,29+,30+,31+,32+/m1/s1. The van der Waals surface area contributed by atoms with Crippen LogP contribution in [-0.2, 0) is 23.9 Å². The van der Waals surface area contributed by atoms with E-state index in [2.05, 4.69) is 4.74 Å². The third-order valence-corrected chi connectivity index (χ3v) is 10.8. The van der Waals surface area contributed by atoms with Crippen LogP contribution < -0.4 is 4.74 Å². The average molecular weight is 655 g/mol. The Labute approximate surface area is 261 Å². The molecule has 1 aromatic carbocycles. The first-order chi connectivity index (χ1) is 21.3. The summed E-state index contributed by atoms with van der Waals surface area (Å²) in [5.74, 6) is -6.51. The number of hydrogen-bond donors (Lipinski definition) is 1. The topological polar surface area (TPSA) is 116 Å². The number of rotatable bonds is 7. The van der Waals surface area contributed by atoms with E-state index in [-0.39, 0.29) is 30.4 Å². The Hall–Kier alpha value is -3.61. The zero-order valence-corrected chi connectivity index (χ0v) is 25.7. The van der Waals surface area contributed by atoms with Crippen LogP contribution in [0.15, 0.2) is 48.1 Å². The van der Waals surface area contributed by atoms with Crippen molar-refractivity contribution in [3.8, 4) is 5.75 Å². The number of aliphatic hydroxyl groups excluding tert-OH is 1. The number of ether oxygens (including phenoxy) is 3. The highest BCUT2D eigenvalue weighted by Crippen LogP contribution is 2.71. The molecule has 0 amide bonds. The van der Waals surface area contributed by atoms with Gasteiger partial charge in [-0.1, -0.05) is 26.8 Å². The molecule has 0 aromatic heterocycles. The molecule has 0 bridgehead atoms. The lowest BCUT2D eigenvalue weighted by Crippen LogP contribution is -2.71. The zero-order chi connectivity index (χ0) is 34.0. The molecular weight excluding hydrogens is 619 g/mol. The summed E-state index contributed by atoms with van der Waals surface area (Å²) in [4.78, 5) is 51.9. The molecule has 1 aromatic rings. The van der Waals surface area contributed by atoms with Crippen LogP contribution in [0.2, 0.25) is 0 Å². The number of halogens is 5. The fourth-order valence-electron chi connectivity index (χ4n) is 8.63. The first-order valence-corrected chi connectivity index (χ1v) is 15.1. The SMILES string of the molecule is CCC(=O)O[C@]1(C(=O)OCC(=O)c2ccc(OC(F)(F)F)cc2)[C@H](C)C[C@H]2[C@@H]3C[C@H](F)C4=CC(=O)C=C[C@]4(C)[C@@]3(F)[C@@H](O)C[C@@]21C. The van der Waals surface area contributed by atoms with Gasteiger partial charge in [-0.15, -0.1) is 13.2 Å². The third kappa shape index (κ3) is 4.96. The van der Waals surface area contributed by atoms with E-state index in [1.54, 1.807) is 13.8 Å². The Balaban J connectivity index is 1.47. The lowest BCUT2D eigenvalue weighted by atomic mass is 9.44. The summed E-state index contributed by atoms with van der Waals surface area (Å²) in [6.07, 6.45) is -5.77. The van der Waals surface area contributed by atoms with Gasteiger partial charge in [0, 0.05) is 34.7 Å². The molecule has 1 N–H and O–H groups in total. The number of fused-ring (bicyclic) bond motifs is 5. The molecule has 3 fully saturated rings. The van der Waals surface area contributed by atoms with E-state index in [1.807, 2.05) is 0 Å². The summed E-state index contributed by atoms with van der Waals surface area (Å²) >= 11 is 0. The molecule has 13 heteroatoms. The highest BCUT2D eigenvalue weighted by Gasteiger charge is 2.78. The van der Waals surface area contributed by atoms with E-state index in [1.165, 1.54) is 19.9 Å². The van der Waals surface area contributed by atoms with E-state index in [0.29, 0.717) is 0 Å². The summed E-state index contributed by atoms with van der Waals surface area (Å²) in [6.45, 7) is 5.24. The van der Waals surface area contributed by atoms with E-state index < -0.39 is 101 Å². The average Bonchev–Trinajstić information content (AvgIpc) is 3.19. The predicted molar refractivity (Wildman–Crippen MR) is 151 cm³/mol. The van der Waals surface area contributed by atoms with Crippen LogP contribution in [-0.4, -0.2) is 65.1 Å². The number of hydrogen-bond acceptors (Lipinski definition) is 8. The molecule has 4 aliphatic carbocycles. The molecule has 5 rings (SSSR count).